The molecule has 114 valence electrons. The lowest BCUT2D eigenvalue weighted by Crippen LogP contribution is -2.49. The van der Waals surface area contributed by atoms with Gasteiger partial charge >= 0.3 is 0 Å². The molecule has 2 N–H and O–H groups in total. The summed E-state index contributed by atoms with van der Waals surface area (Å²) in [5.74, 6) is 0.514. The van der Waals surface area contributed by atoms with Gasteiger partial charge in [0.15, 0.2) is 0 Å². The first-order chi connectivity index (χ1) is 9.99. The lowest BCUT2D eigenvalue weighted by molar-refractivity contribution is -0.136. The number of hydrogen-bond acceptors (Lipinski definition) is 2. The first-order valence-electron chi connectivity index (χ1n) is 7.49. The van der Waals surface area contributed by atoms with E-state index in [0.29, 0.717) is 10.0 Å². The number of hydrogen-bond donors (Lipinski definition) is 1. The number of carbonyl (C=O) groups excluding carboxylic acids is 1. The van der Waals surface area contributed by atoms with Gasteiger partial charge in [-0.25, -0.2) is 0 Å². The van der Waals surface area contributed by atoms with E-state index in [1.165, 1.54) is 0 Å². The number of amides is 1. The molecule has 3 nitrogen and oxygen atoms in total. The molecular formula is C16H20Cl2N2O. The van der Waals surface area contributed by atoms with Crippen molar-refractivity contribution in [2.75, 3.05) is 6.54 Å². The van der Waals surface area contributed by atoms with E-state index in [9.17, 15) is 4.79 Å². The van der Waals surface area contributed by atoms with Gasteiger partial charge in [0.2, 0.25) is 5.91 Å². The van der Waals surface area contributed by atoms with Gasteiger partial charge in [-0.15, -0.1) is 0 Å². The van der Waals surface area contributed by atoms with Crippen molar-refractivity contribution in [3.05, 3.63) is 33.8 Å². The average Bonchev–Trinajstić information content (AvgIpc) is 3.21. The highest BCUT2D eigenvalue weighted by Crippen LogP contribution is 2.51. The van der Waals surface area contributed by atoms with Gasteiger partial charge in [0.05, 0.1) is 10.0 Å². The minimum absolute atomic E-state index is 0.0535. The van der Waals surface area contributed by atoms with Crippen LogP contribution in [0.25, 0.3) is 0 Å². The Morgan fingerprint density at radius 3 is 2.81 bits per heavy atom. The normalized spacial score (nSPS) is 32.1. The van der Waals surface area contributed by atoms with Crippen molar-refractivity contribution in [1.82, 2.24) is 4.90 Å². The highest BCUT2D eigenvalue weighted by atomic mass is 35.5. The Kier molecular flexibility index (Phi) is 4.17. The number of rotatable bonds is 2. The van der Waals surface area contributed by atoms with E-state index in [1.54, 1.807) is 6.07 Å². The van der Waals surface area contributed by atoms with Crippen LogP contribution in [0.4, 0.5) is 0 Å². The zero-order valence-corrected chi connectivity index (χ0v) is 13.6. The van der Waals surface area contributed by atoms with Crippen LogP contribution >= 0.6 is 23.2 Å². The molecule has 1 aliphatic carbocycles. The van der Waals surface area contributed by atoms with Crippen molar-refractivity contribution < 1.29 is 4.79 Å². The van der Waals surface area contributed by atoms with Gasteiger partial charge in [-0.05, 0) is 43.7 Å². The highest BCUT2D eigenvalue weighted by molar-refractivity contribution is 6.42. The summed E-state index contributed by atoms with van der Waals surface area (Å²) < 4.78 is 0. The smallest absolute Gasteiger partial charge is 0.226 e. The van der Waals surface area contributed by atoms with Crippen molar-refractivity contribution in [2.24, 2.45) is 11.7 Å². The molecule has 1 aromatic rings. The molecule has 2 aliphatic rings. The summed E-state index contributed by atoms with van der Waals surface area (Å²) in [6.45, 7) is 2.86. The van der Waals surface area contributed by atoms with Gasteiger partial charge in [0.25, 0.3) is 0 Å². The predicted octanol–water partition coefficient (Wildman–Crippen LogP) is 3.44. The van der Waals surface area contributed by atoms with E-state index >= 15 is 0 Å². The number of halogens is 2. The molecule has 3 rings (SSSR count). The van der Waals surface area contributed by atoms with Crippen molar-refractivity contribution in [2.45, 2.75) is 44.2 Å². The Bertz CT molecular complexity index is 563. The van der Waals surface area contributed by atoms with Gasteiger partial charge in [-0.3, -0.25) is 4.79 Å². The number of carbonyl (C=O) groups is 1. The lowest BCUT2D eigenvalue weighted by atomic mass is 9.98. The van der Waals surface area contributed by atoms with Crippen LogP contribution in [-0.2, 0) is 4.79 Å². The average molecular weight is 327 g/mol. The maximum absolute atomic E-state index is 12.7. The highest BCUT2D eigenvalue weighted by Gasteiger charge is 2.47. The van der Waals surface area contributed by atoms with Crippen molar-refractivity contribution in [3.8, 4) is 0 Å². The zero-order chi connectivity index (χ0) is 15.1. The third-order valence-electron chi connectivity index (χ3n) is 4.69. The largest absolute Gasteiger partial charge is 0.340 e. The molecular weight excluding hydrogens is 307 g/mol. The van der Waals surface area contributed by atoms with Crippen LogP contribution in [0.1, 0.15) is 37.7 Å². The summed E-state index contributed by atoms with van der Waals surface area (Å²) in [4.78, 5) is 14.7. The maximum atomic E-state index is 12.7. The Balaban J connectivity index is 1.70. The molecule has 1 saturated carbocycles. The molecule has 5 heteroatoms. The molecule has 0 aromatic heterocycles. The minimum Gasteiger partial charge on any atom is -0.340 e. The SMILES string of the molecule is C[C@@H]1C[C@H](N)CCN1C(=O)[C@H]1C[C@@H]1c1cccc(Cl)c1Cl. The van der Waals surface area contributed by atoms with Crippen LogP contribution in [0, 0.1) is 5.92 Å². The predicted molar refractivity (Wildman–Crippen MR) is 85.7 cm³/mol. The Morgan fingerprint density at radius 2 is 2.10 bits per heavy atom. The van der Waals surface area contributed by atoms with Gasteiger partial charge in [0, 0.05) is 24.5 Å². The van der Waals surface area contributed by atoms with Crippen molar-refractivity contribution in [1.29, 1.82) is 0 Å². The van der Waals surface area contributed by atoms with Crippen molar-refractivity contribution in [3.63, 3.8) is 0 Å². The zero-order valence-electron chi connectivity index (χ0n) is 12.1. The molecule has 0 radical (unpaired) electrons. The van der Waals surface area contributed by atoms with Gasteiger partial charge in [-0.1, -0.05) is 35.3 Å². The number of nitrogens with zero attached hydrogens (tertiary/aromatic N) is 1. The van der Waals surface area contributed by atoms with Gasteiger partial charge in [-0.2, -0.15) is 0 Å². The second-order valence-corrected chi connectivity index (χ2v) is 7.04. The molecule has 0 unspecified atom stereocenters. The molecule has 2 fully saturated rings. The number of piperidine rings is 1. The Hall–Kier alpha value is -0.770. The Morgan fingerprint density at radius 1 is 1.33 bits per heavy atom. The molecule has 4 atom stereocenters. The fourth-order valence-electron chi connectivity index (χ4n) is 3.37. The summed E-state index contributed by atoms with van der Waals surface area (Å²) in [6.07, 6.45) is 2.65. The first-order valence-corrected chi connectivity index (χ1v) is 8.24. The van der Waals surface area contributed by atoms with E-state index in [1.807, 2.05) is 17.0 Å². The second-order valence-electron chi connectivity index (χ2n) is 6.26. The molecule has 21 heavy (non-hydrogen) atoms. The summed E-state index contributed by atoms with van der Waals surface area (Å²) in [7, 11) is 0. The fourth-order valence-corrected chi connectivity index (χ4v) is 3.82. The van der Waals surface area contributed by atoms with Gasteiger partial charge in [0.1, 0.15) is 0 Å². The van der Waals surface area contributed by atoms with Crippen LogP contribution in [0.15, 0.2) is 18.2 Å². The fraction of sp³-hybridized carbons (Fsp3) is 0.562. The van der Waals surface area contributed by atoms with Crippen LogP contribution < -0.4 is 5.73 Å². The summed E-state index contributed by atoms with van der Waals surface area (Å²) >= 11 is 12.3. The van der Waals surface area contributed by atoms with E-state index < -0.39 is 0 Å². The molecule has 1 saturated heterocycles. The van der Waals surface area contributed by atoms with Crippen molar-refractivity contribution >= 4 is 29.1 Å². The summed E-state index contributed by atoms with van der Waals surface area (Å²) in [6, 6.07) is 6.10. The first kappa shape index (κ1) is 15.1. The number of likely N-dealkylation sites (tertiary alicyclic amines) is 1. The summed E-state index contributed by atoms with van der Waals surface area (Å²) in [5.41, 5.74) is 6.97. The molecule has 0 spiro atoms. The molecule has 1 heterocycles. The number of benzene rings is 1. The Labute approximate surface area is 135 Å². The molecule has 0 bridgehead atoms. The monoisotopic (exact) mass is 326 g/mol. The lowest BCUT2D eigenvalue weighted by Gasteiger charge is -2.36. The topological polar surface area (TPSA) is 46.3 Å². The second kappa shape index (κ2) is 5.79. The quantitative estimate of drug-likeness (QED) is 0.904. The van der Waals surface area contributed by atoms with Crippen LogP contribution in [-0.4, -0.2) is 29.4 Å². The third-order valence-corrected chi connectivity index (χ3v) is 5.52. The van der Waals surface area contributed by atoms with E-state index in [2.05, 4.69) is 6.92 Å². The van der Waals surface area contributed by atoms with E-state index in [4.69, 9.17) is 28.9 Å². The van der Waals surface area contributed by atoms with Crippen LogP contribution in [0.2, 0.25) is 10.0 Å². The molecule has 1 aromatic carbocycles. The van der Waals surface area contributed by atoms with Gasteiger partial charge < -0.3 is 10.6 Å². The molecule has 1 amide bonds. The minimum atomic E-state index is 0.0535. The van der Waals surface area contributed by atoms with E-state index in [-0.39, 0.29) is 29.8 Å². The maximum Gasteiger partial charge on any atom is 0.226 e. The third kappa shape index (κ3) is 2.92. The van der Waals surface area contributed by atoms with Crippen LogP contribution in [0.3, 0.4) is 0 Å². The molecule has 1 aliphatic heterocycles. The standard InChI is InChI=1S/C16H20Cl2N2O/c1-9-7-10(19)5-6-20(9)16(21)13-8-12(13)11-3-2-4-14(17)15(11)18/h2-4,9-10,12-13H,5-8,19H2,1H3/t9-,10-,12-,13+/m1/s1. The van der Waals surface area contributed by atoms with E-state index in [0.717, 1.165) is 31.4 Å². The summed E-state index contributed by atoms with van der Waals surface area (Å²) in [5, 5.41) is 1.15. The number of nitrogens with two attached hydrogens (primary N) is 1. The van der Waals surface area contributed by atoms with Crippen LogP contribution in [0.5, 0.6) is 0 Å².